The molecule has 0 saturated carbocycles. The molecule has 7 nitrogen and oxygen atoms in total. The van der Waals surface area contributed by atoms with Gasteiger partial charge in [0.15, 0.2) is 23.6 Å². The lowest BCUT2D eigenvalue weighted by molar-refractivity contribution is -0.233. The highest BCUT2D eigenvalue weighted by molar-refractivity contribution is 5.81. The third-order valence-electron chi connectivity index (χ3n) is 2.96. The van der Waals surface area contributed by atoms with Gasteiger partial charge >= 0.3 is 0 Å². The van der Waals surface area contributed by atoms with Gasteiger partial charge in [-0.05, 0) is 17.7 Å². The Labute approximate surface area is 115 Å². The summed E-state index contributed by atoms with van der Waals surface area (Å²) in [5, 5.41) is 29.6. The van der Waals surface area contributed by atoms with Crippen LogP contribution in [0.15, 0.2) is 18.2 Å². The van der Waals surface area contributed by atoms with Crippen molar-refractivity contribution in [3.05, 3.63) is 23.8 Å². The minimum Gasteiger partial charge on any atom is -0.504 e. The number of aliphatic hydroxyl groups is 2. The molecule has 20 heavy (non-hydrogen) atoms. The van der Waals surface area contributed by atoms with Gasteiger partial charge in [-0.15, -0.1) is 0 Å². The average Bonchev–Trinajstić information content (AvgIpc) is 2.47. The number of hydrogen-bond acceptors (Lipinski definition) is 7. The fraction of sp³-hybridized carbons (Fsp3) is 0.462. The lowest BCUT2D eigenvalue weighted by Gasteiger charge is -2.29. The van der Waals surface area contributed by atoms with Crippen LogP contribution in [0, 0.1) is 0 Å². The molecule has 0 amide bonds. The largest absolute Gasteiger partial charge is 0.504 e. The second kappa shape index (κ2) is 6.19. The molecule has 110 valence electrons. The molecule has 2 rings (SSSR count). The Morgan fingerprint density at radius 2 is 1.95 bits per heavy atom. The van der Waals surface area contributed by atoms with Crippen LogP contribution in [0.2, 0.25) is 0 Å². The van der Waals surface area contributed by atoms with Crippen LogP contribution < -0.4 is 4.74 Å². The molecule has 0 bridgehead atoms. The maximum absolute atomic E-state index is 11.0. The zero-order valence-electron chi connectivity index (χ0n) is 10.9. The van der Waals surface area contributed by atoms with E-state index in [-0.39, 0.29) is 30.5 Å². The van der Waals surface area contributed by atoms with Gasteiger partial charge in [-0.3, -0.25) is 4.79 Å². The Morgan fingerprint density at radius 3 is 2.55 bits per heavy atom. The van der Waals surface area contributed by atoms with Crippen molar-refractivity contribution in [2.75, 3.05) is 20.3 Å². The van der Waals surface area contributed by atoms with E-state index in [4.69, 9.17) is 14.2 Å². The molecule has 0 radical (unpaired) electrons. The van der Waals surface area contributed by atoms with E-state index in [0.717, 1.165) is 0 Å². The smallest absolute Gasteiger partial charge is 0.187 e. The fourth-order valence-electron chi connectivity index (χ4n) is 1.86. The number of phenols is 1. The molecule has 7 heteroatoms. The predicted octanol–water partition coefficient (Wildman–Crippen LogP) is -0.263. The van der Waals surface area contributed by atoms with E-state index in [2.05, 4.69) is 0 Å². The Balaban J connectivity index is 2.09. The van der Waals surface area contributed by atoms with Gasteiger partial charge in [0.2, 0.25) is 0 Å². The molecule has 0 aliphatic carbocycles. The number of hydrogen-bond donors (Lipinski definition) is 3. The van der Waals surface area contributed by atoms with Crippen molar-refractivity contribution in [2.45, 2.75) is 18.5 Å². The monoisotopic (exact) mass is 284 g/mol. The summed E-state index contributed by atoms with van der Waals surface area (Å²) in [4.78, 5) is 11.0. The van der Waals surface area contributed by atoms with Gasteiger partial charge in [0.25, 0.3) is 0 Å². The van der Waals surface area contributed by atoms with E-state index < -0.39 is 18.5 Å². The van der Waals surface area contributed by atoms with Gasteiger partial charge in [-0.2, -0.15) is 0 Å². The Morgan fingerprint density at radius 1 is 1.30 bits per heavy atom. The van der Waals surface area contributed by atoms with E-state index in [9.17, 15) is 20.1 Å². The van der Waals surface area contributed by atoms with Crippen LogP contribution in [-0.2, 0) is 14.3 Å². The molecule has 2 atom stereocenters. The van der Waals surface area contributed by atoms with Crippen LogP contribution in [-0.4, -0.2) is 53.8 Å². The van der Waals surface area contributed by atoms with Gasteiger partial charge in [-0.1, -0.05) is 6.07 Å². The maximum atomic E-state index is 11.0. The number of aromatic hydroxyl groups is 1. The number of carbonyl (C=O) groups excluding carboxylic acids is 1. The highest BCUT2D eigenvalue weighted by Gasteiger charge is 2.32. The molecule has 1 aliphatic heterocycles. The van der Waals surface area contributed by atoms with Crippen molar-refractivity contribution >= 4 is 5.78 Å². The highest BCUT2D eigenvalue weighted by atomic mass is 16.7. The second-order valence-corrected chi connectivity index (χ2v) is 4.40. The first-order chi connectivity index (χ1) is 9.52. The van der Waals surface area contributed by atoms with E-state index in [0.29, 0.717) is 5.56 Å². The number of methoxy groups -OCH3 is 1. The second-order valence-electron chi connectivity index (χ2n) is 4.40. The van der Waals surface area contributed by atoms with Crippen LogP contribution in [0.3, 0.4) is 0 Å². The summed E-state index contributed by atoms with van der Waals surface area (Å²) < 4.78 is 15.0. The van der Waals surface area contributed by atoms with E-state index in [1.165, 1.54) is 25.3 Å². The van der Waals surface area contributed by atoms with Crippen molar-refractivity contribution in [1.29, 1.82) is 0 Å². The lowest BCUT2D eigenvalue weighted by atomic mass is 10.0. The number of aliphatic hydroxyl groups excluding tert-OH is 2. The van der Waals surface area contributed by atoms with Gasteiger partial charge in [-0.25, -0.2) is 0 Å². The van der Waals surface area contributed by atoms with E-state index in [1.807, 2.05) is 0 Å². The zero-order valence-corrected chi connectivity index (χ0v) is 10.9. The SMILES string of the molecule is COc1cc([C@H](O)[C@@H](O)C2OCC(=O)CO2)ccc1O. The molecular formula is C13H16O7. The lowest BCUT2D eigenvalue weighted by Crippen LogP contribution is -2.42. The Bertz CT molecular complexity index is 478. The molecule has 0 aromatic heterocycles. The molecule has 0 spiro atoms. The number of Topliss-reactive ketones (excluding diaryl/α,β-unsaturated/α-hetero) is 1. The summed E-state index contributed by atoms with van der Waals surface area (Å²) in [5.74, 6) is -0.127. The summed E-state index contributed by atoms with van der Waals surface area (Å²) >= 11 is 0. The molecule has 1 fully saturated rings. The van der Waals surface area contributed by atoms with Gasteiger partial charge in [0.05, 0.1) is 7.11 Å². The summed E-state index contributed by atoms with van der Waals surface area (Å²) in [6.07, 6.45) is -3.75. The van der Waals surface area contributed by atoms with Crippen molar-refractivity contribution < 1.29 is 34.3 Å². The summed E-state index contributed by atoms with van der Waals surface area (Å²) in [5.41, 5.74) is 0.330. The molecular weight excluding hydrogens is 268 g/mol. The van der Waals surface area contributed by atoms with Crippen LogP contribution in [0.4, 0.5) is 0 Å². The molecule has 1 aromatic rings. The number of carbonyl (C=O) groups is 1. The number of rotatable bonds is 4. The number of benzene rings is 1. The number of ether oxygens (including phenoxy) is 3. The third-order valence-corrected chi connectivity index (χ3v) is 2.96. The van der Waals surface area contributed by atoms with Gasteiger partial charge in [0, 0.05) is 0 Å². The first-order valence-corrected chi connectivity index (χ1v) is 6.01. The average molecular weight is 284 g/mol. The number of phenolic OH excluding ortho intramolecular Hbond substituents is 1. The highest BCUT2D eigenvalue weighted by Crippen LogP contribution is 2.31. The maximum Gasteiger partial charge on any atom is 0.187 e. The predicted molar refractivity (Wildman–Crippen MR) is 66.3 cm³/mol. The van der Waals surface area contributed by atoms with Gasteiger partial charge in [0.1, 0.15) is 25.4 Å². The first kappa shape index (κ1) is 14.7. The quantitative estimate of drug-likeness (QED) is 0.699. The molecule has 3 N–H and O–H groups in total. The van der Waals surface area contributed by atoms with Crippen molar-refractivity contribution in [3.63, 3.8) is 0 Å². The summed E-state index contributed by atoms with van der Waals surface area (Å²) in [6.45, 7) is -0.319. The van der Waals surface area contributed by atoms with Crippen LogP contribution in [0.25, 0.3) is 0 Å². The molecule has 1 aliphatic rings. The topological polar surface area (TPSA) is 105 Å². The number of ketones is 1. The van der Waals surface area contributed by atoms with Crippen LogP contribution in [0.1, 0.15) is 11.7 Å². The third kappa shape index (κ3) is 3.07. The normalized spacial score (nSPS) is 19.6. The summed E-state index contributed by atoms with van der Waals surface area (Å²) in [6, 6.07) is 4.19. The Kier molecular flexibility index (Phi) is 4.56. The van der Waals surface area contributed by atoms with Crippen molar-refractivity contribution in [1.82, 2.24) is 0 Å². The molecule has 1 aromatic carbocycles. The Hall–Kier alpha value is -1.67. The summed E-state index contributed by atoms with van der Waals surface area (Å²) in [7, 11) is 1.38. The minimum absolute atomic E-state index is 0.0753. The minimum atomic E-state index is -1.36. The van der Waals surface area contributed by atoms with E-state index in [1.54, 1.807) is 0 Å². The van der Waals surface area contributed by atoms with Crippen LogP contribution >= 0.6 is 0 Å². The molecule has 0 unspecified atom stereocenters. The standard InChI is InChI=1S/C13H16O7/c1-18-10-4-7(2-3-9(10)15)11(16)12(17)13-19-5-8(14)6-20-13/h2-4,11-13,15-17H,5-6H2,1H3/t11-,12+/m0/s1. The fourth-order valence-corrected chi connectivity index (χ4v) is 1.86. The first-order valence-electron chi connectivity index (χ1n) is 6.01. The van der Waals surface area contributed by atoms with Crippen molar-refractivity contribution in [3.8, 4) is 11.5 Å². The van der Waals surface area contributed by atoms with Crippen LogP contribution in [0.5, 0.6) is 11.5 Å². The van der Waals surface area contributed by atoms with Crippen molar-refractivity contribution in [2.24, 2.45) is 0 Å². The van der Waals surface area contributed by atoms with Gasteiger partial charge < -0.3 is 29.5 Å². The molecule has 1 saturated heterocycles. The molecule has 1 heterocycles. The zero-order chi connectivity index (χ0) is 14.7. The van der Waals surface area contributed by atoms with E-state index >= 15 is 0 Å².